The summed E-state index contributed by atoms with van der Waals surface area (Å²) in [6.45, 7) is 5.86. The zero-order valence-electron chi connectivity index (χ0n) is 16.8. The Morgan fingerprint density at radius 3 is 2.57 bits per heavy atom. The molecule has 30 heavy (non-hydrogen) atoms. The Hall–Kier alpha value is -2.62. The third kappa shape index (κ3) is 3.32. The Morgan fingerprint density at radius 1 is 1.30 bits per heavy atom. The van der Waals surface area contributed by atoms with Crippen molar-refractivity contribution in [3.05, 3.63) is 34.2 Å². The number of aliphatic carboxylic acids is 1. The Balaban J connectivity index is 1.71. The van der Waals surface area contributed by atoms with Crippen molar-refractivity contribution in [3.63, 3.8) is 0 Å². The largest absolute Gasteiger partial charge is 0.481 e. The van der Waals surface area contributed by atoms with E-state index in [1.807, 2.05) is 0 Å². The number of aromatic amines is 1. The average molecular weight is 481 g/mol. The number of rotatable bonds is 2. The third-order valence-corrected chi connectivity index (χ3v) is 6.05. The van der Waals surface area contributed by atoms with Crippen LogP contribution in [0.3, 0.4) is 0 Å². The van der Waals surface area contributed by atoms with Crippen molar-refractivity contribution in [2.45, 2.75) is 44.6 Å². The van der Waals surface area contributed by atoms with E-state index < -0.39 is 28.9 Å². The molecule has 1 aliphatic heterocycles. The summed E-state index contributed by atoms with van der Waals surface area (Å²) in [6, 6.07) is 2.65. The molecule has 3 heterocycles. The molecule has 2 N–H and O–H groups in total. The molecule has 1 aliphatic rings. The van der Waals surface area contributed by atoms with Gasteiger partial charge in [-0.3, -0.25) is 9.89 Å². The van der Waals surface area contributed by atoms with Crippen LogP contribution in [0.25, 0.3) is 16.7 Å². The number of halogens is 2. The lowest BCUT2D eigenvalue weighted by molar-refractivity contribution is -0.145. The number of likely N-dealkylation sites (tertiary alicyclic amines) is 1. The molecular weight excluding hydrogens is 459 g/mol. The molecule has 0 unspecified atom stereocenters. The molecule has 4 rings (SSSR count). The number of carboxylic acids is 1. The van der Waals surface area contributed by atoms with E-state index >= 15 is 0 Å². The monoisotopic (exact) mass is 480 g/mol. The number of nitrogens with one attached hydrogen (secondary N) is 1. The van der Waals surface area contributed by atoms with Crippen LogP contribution in [-0.2, 0) is 14.9 Å². The predicted molar refractivity (Wildman–Crippen MR) is 111 cm³/mol. The van der Waals surface area contributed by atoms with E-state index in [4.69, 9.17) is 4.74 Å². The van der Waals surface area contributed by atoms with E-state index in [2.05, 4.69) is 26.0 Å². The molecular formula is C20H22BrFN4O4. The second-order valence-corrected chi connectivity index (χ2v) is 9.42. The number of carbonyl (C=O) groups is 2. The molecule has 0 atom stereocenters. The van der Waals surface area contributed by atoms with Crippen molar-refractivity contribution in [2.24, 2.45) is 0 Å². The zero-order chi connectivity index (χ0) is 21.8. The minimum atomic E-state index is -1.22. The van der Waals surface area contributed by atoms with Crippen molar-refractivity contribution >= 4 is 44.7 Å². The van der Waals surface area contributed by atoms with E-state index in [9.17, 15) is 19.1 Å². The maximum atomic E-state index is 13.8. The van der Waals surface area contributed by atoms with Crippen molar-refractivity contribution < 1.29 is 23.8 Å². The van der Waals surface area contributed by atoms with E-state index in [-0.39, 0.29) is 25.9 Å². The molecule has 0 saturated carbocycles. The van der Waals surface area contributed by atoms with Gasteiger partial charge < -0.3 is 14.7 Å². The van der Waals surface area contributed by atoms with Crippen LogP contribution < -0.4 is 0 Å². The first-order valence-corrected chi connectivity index (χ1v) is 10.4. The van der Waals surface area contributed by atoms with Crippen molar-refractivity contribution in [1.82, 2.24) is 19.5 Å². The summed E-state index contributed by atoms with van der Waals surface area (Å²) in [6.07, 6.45) is 1.61. The number of ether oxygens (including phenoxy) is 1. The second-order valence-electron chi connectivity index (χ2n) is 8.57. The van der Waals surface area contributed by atoms with Crippen LogP contribution in [0.5, 0.6) is 0 Å². The van der Waals surface area contributed by atoms with Crippen molar-refractivity contribution in [1.29, 1.82) is 0 Å². The highest BCUT2D eigenvalue weighted by Gasteiger charge is 2.46. The molecule has 160 valence electrons. The molecule has 0 bridgehead atoms. The molecule has 1 fully saturated rings. The first-order chi connectivity index (χ1) is 14.0. The molecule has 1 amide bonds. The highest BCUT2D eigenvalue weighted by molar-refractivity contribution is 9.10. The smallest absolute Gasteiger partial charge is 0.410 e. The van der Waals surface area contributed by atoms with Gasteiger partial charge in [0.25, 0.3) is 0 Å². The van der Waals surface area contributed by atoms with Crippen LogP contribution >= 0.6 is 15.9 Å². The minimum Gasteiger partial charge on any atom is -0.481 e. The molecule has 10 heteroatoms. The lowest BCUT2D eigenvalue weighted by atomic mass is 9.73. The van der Waals surface area contributed by atoms with E-state index in [0.717, 1.165) is 0 Å². The summed E-state index contributed by atoms with van der Waals surface area (Å²) in [5.41, 5.74) is 0.161. The van der Waals surface area contributed by atoms with E-state index in [1.54, 1.807) is 31.5 Å². The van der Waals surface area contributed by atoms with Crippen LogP contribution in [0.4, 0.5) is 9.18 Å². The fourth-order valence-electron chi connectivity index (χ4n) is 3.98. The fraction of sp³-hybridized carbons (Fsp3) is 0.450. The van der Waals surface area contributed by atoms with Gasteiger partial charge >= 0.3 is 12.1 Å². The van der Waals surface area contributed by atoms with Crippen LogP contribution in [-0.4, -0.2) is 55.4 Å². The summed E-state index contributed by atoms with van der Waals surface area (Å²) in [4.78, 5) is 30.8. The number of imidazole rings is 1. The molecule has 3 aromatic rings. The second kappa shape index (κ2) is 6.97. The van der Waals surface area contributed by atoms with Gasteiger partial charge in [0.1, 0.15) is 22.3 Å². The fourth-order valence-corrected chi connectivity index (χ4v) is 4.58. The van der Waals surface area contributed by atoms with Gasteiger partial charge in [0.15, 0.2) is 5.65 Å². The molecule has 1 saturated heterocycles. The average Bonchev–Trinajstić information content (AvgIpc) is 3.18. The molecule has 0 spiro atoms. The summed E-state index contributed by atoms with van der Waals surface area (Å²) in [5, 5.41) is 13.2. The molecule has 1 aromatic carbocycles. The van der Waals surface area contributed by atoms with Crippen molar-refractivity contribution in [3.8, 4) is 0 Å². The van der Waals surface area contributed by atoms with E-state index in [1.165, 1.54) is 17.0 Å². The predicted octanol–water partition coefficient (Wildman–Crippen LogP) is 4.07. The van der Waals surface area contributed by atoms with Gasteiger partial charge in [0.2, 0.25) is 0 Å². The Morgan fingerprint density at radius 2 is 1.97 bits per heavy atom. The first kappa shape index (κ1) is 20.6. The van der Waals surface area contributed by atoms with Gasteiger partial charge in [-0.2, -0.15) is 0 Å². The van der Waals surface area contributed by atoms with Crippen LogP contribution in [0.1, 0.15) is 39.2 Å². The number of carbonyl (C=O) groups excluding carboxylic acids is 1. The Bertz CT molecular complexity index is 1160. The van der Waals surface area contributed by atoms with Gasteiger partial charge in [0, 0.05) is 35.4 Å². The van der Waals surface area contributed by atoms with Gasteiger partial charge in [-0.25, -0.2) is 18.7 Å². The zero-order valence-corrected chi connectivity index (χ0v) is 18.4. The SMILES string of the molecule is CC(C)(C)OC(=O)N1CCC(C(=O)O)(c2c[nH]n3c2nc2cc(F)cc(Br)c23)CC1. The van der Waals surface area contributed by atoms with Crippen LogP contribution in [0, 0.1) is 5.82 Å². The maximum absolute atomic E-state index is 13.8. The number of benzene rings is 1. The Labute approximate surface area is 180 Å². The van der Waals surface area contributed by atoms with Crippen molar-refractivity contribution in [2.75, 3.05) is 13.1 Å². The molecule has 2 aromatic heterocycles. The maximum Gasteiger partial charge on any atom is 0.410 e. The number of hydrogen-bond acceptors (Lipinski definition) is 4. The first-order valence-electron chi connectivity index (χ1n) is 9.58. The Kier molecular flexibility index (Phi) is 4.80. The third-order valence-electron chi connectivity index (χ3n) is 5.44. The lowest BCUT2D eigenvalue weighted by Gasteiger charge is -2.38. The number of piperidine rings is 1. The number of carboxylic acid groups (broad SMARTS) is 1. The summed E-state index contributed by atoms with van der Waals surface area (Å²) >= 11 is 3.35. The van der Waals surface area contributed by atoms with Gasteiger partial charge in [-0.05, 0) is 55.6 Å². The topological polar surface area (TPSA) is 99.9 Å². The molecule has 8 nitrogen and oxygen atoms in total. The number of nitrogens with zero attached hydrogens (tertiary/aromatic N) is 3. The summed E-state index contributed by atoms with van der Waals surface area (Å²) in [7, 11) is 0. The van der Waals surface area contributed by atoms with Crippen LogP contribution in [0.2, 0.25) is 0 Å². The normalized spacial score (nSPS) is 16.9. The molecule has 0 aliphatic carbocycles. The summed E-state index contributed by atoms with van der Waals surface area (Å²) in [5.74, 6) is -1.42. The standard InChI is InChI=1S/C20H22BrFN4O4/c1-19(2,3)30-18(29)25-6-4-20(5-7-25,17(27)28)12-10-23-26-15-13(21)8-11(22)9-14(15)24-16(12)26/h8-10,23H,4-7H2,1-3H3,(H,27,28). The lowest BCUT2D eigenvalue weighted by Crippen LogP contribution is -2.50. The van der Waals surface area contributed by atoms with Crippen LogP contribution in [0.15, 0.2) is 22.8 Å². The number of H-pyrrole nitrogens is 1. The number of amides is 1. The molecule has 0 radical (unpaired) electrons. The number of hydrogen-bond donors (Lipinski definition) is 2. The quantitative estimate of drug-likeness (QED) is 0.575. The van der Waals surface area contributed by atoms with Gasteiger partial charge in [-0.15, -0.1) is 0 Å². The van der Waals surface area contributed by atoms with Gasteiger partial charge in [-0.1, -0.05) is 0 Å². The highest BCUT2D eigenvalue weighted by Crippen LogP contribution is 2.39. The minimum absolute atomic E-state index is 0.216. The summed E-state index contributed by atoms with van der Waals surface area (Å²) < 4.78 is 21.4. The van der Waals surface area contributed by atoms with Gasteiger partial charge in [0.05, 0.1) is 5.52 Å². The highest BCUT2D eigenvalue weighted by atomic mass is 79.9. The number of aromatic nitrogens is 3. The van der Waals surface area contributed by atoms with E-state index in [0.29, 0.717) is 26.7 Å². The number of fused-ring (bicyclic) bond motifs is 3.